The van der Waals surface area contributed by atoms with Gasteiger partial charge in [0.2, 0.25) is 0 Å². The standard InChI is InChI=1S/C12H26N4/c1-13(2)11(14(3)4)9-10-12(15(5)6)16(7)8/h9-10H,1-8H3. The van der Waals surface area contributed by atoms with Crippen LogP contribution in [0, 0.1) is 0 Å². The van der Waals surface area contributed by atoms with E-state index < -0.39 is 0 Å². The van der Waals surface area contributed by atoms with E-state index in [4.69, 9.17) is 0 Å². The summed E-state index contributed by atoms with van der Waals surface area (Å²) in [4.78, 5) is 8.39. The molecule has 0 radical (unpaired) electrons. The van der Waals surface area contributed by atoms with E-state index in [2.05, 4.69) is 31.8 Å². The Kier molecular flexibility index (Phi) is 5.78. The SMILES string of the molecule is CN(C)C(=CC=C(N(C)C)N(C)C)N(C)C. The molecule has 0 aliphatic carbocycles. The van der Waals surface area contributed by atoms with Crippen LogP contribution in [-0.4, -0.2) is 76.0 Å². The van der Waals surface area contributed by atoms with E-state index in [-0.39, 0.29) is 0 Å². The van der Waals surface area contributed by atoms with Gasteiger partial charge in [-0.3, -0.25) is 0 Å². The summed E-state index contributed by atoms with van der Waals surface area (Å²) in [6.07, 6.45) is 4.24. The molecule has 0 rings (SSSR count). The van der Waals surface area contributed by atoms with Gasteiger partial charge in [0, 0.05) is 56.4 Å². The lowest BCUT2D eigenvalue weighted by Gasteiger charge is -2.26. The van der Waals surface area contributed by atoms with Crippen molar-refractivity contribution in [3.05, 3.63) is 23.8 Å². The predicted molar refractivity (Wildman–Crippen MR) is 70.9 cm³/mol. The van der Waals surface area contributed by atoms with Gasteiger partial charge in [0.1, 0.15) is 11.6 Å². The summed E-state index contributed by atoms with van der Waals surface area (Å²) in [5.74, 6) is 2.34. The molecule has 94 valence electrons. The Bertz CT molecular complexity index is 214. The third-order valence-corrected chi connectivity index (χ3v) is 2.21. The molecule has 0 atom stereocenters. The number of hydrogen-bond acceptors (Lipinski definition) is 4. The quantitative estimate of drug-likeness (QED) is 0.646. The molecule has 0 spiro atoms. The van der Waals surface area contributed by atoms with E-state index in [0.717, 1.165) is 0 Å². The first-order chi connectivity index (χ1) is 7.27. The van der Waals surface area contributed by atoms with Crippen molar-refractivity contribution in [2.75, 3.05) is 56.4 Å². The van der Waals surface area contributed by atoms with E-state index in [0.29, 0.717) is 0 Å². The molecule has 0 amide bonds. The van der Waals surface area contributed by atoms with Crippen LogP contribution in [-0.2, 0) is 0 Å². The lowest BCUT2D eigenvalue weighted by Crippen LogP contribution is -2.26. The zero-order valence-corrected chi connectivity index (χ0v) is 11.9. The zero-order chi connectivity index (χ0) is 12.9. The summed E-state index contributed by atoms with van der Waals surface area (Å²) in [7, 11) is 16.4. The molecule has 0 aromatic carbocycles. The van der Waals surface area contributed by atoms with Gasteiger partial charge in [-0.25, -0.2) is 0 Å². The van der Waals surface area contributed by atoms with Crippen molar-refractivity contribution in [1.29, 1.82) is 0 Å². The van der Waals surface area contributed by atoms with Crippen molar-refractivity contribution >= 4 is 0 Å². The average Bonchev–Trinajstić information content (AvgIpc) is 2.09. The maximum Gasteiger partial charge on any atom is 0.103 e. The molecule has 16 heavy (non-hydrogen) atoms. The van der Waals surface area contributed by atoms with Crippen molar-refractivity contribution < 1.29 is 0 Å². The fourth-order valence-corrected chi connectivity index (χ4v) is 1.55. The van der Waals surface area contributed by atoms with Crippen LogP contribution in [0.3, 0.4) is 0 Å². The Hall–Kier alpha value is -1.32. The van der Waals surface area contributed by atoms with Crippen LogP contribution in [0.25, 0.3) is 0 Å². The molecule has 0 N–H and O–H groups in total. The van der Waals surface area contributed by atoms with E-state index in [9.17, 15) is 0 Å². The van der Waals surface area contributed by atoms with Gasteiger partial charge >= 0.3 is 0 Å². The lowest BCUT2D eigenvalue weighted by atomic mass is 10.4. The normalized spacial score (nSPS) is 9.25. The summed E-state index contributed by atoms with van der Waals surface area (Å²) in [6, 6.07) is 0. The van der Waals surface area contributed by atoms with Gasteiger partial charge in [-0.15, -0.1) is 0 Å². The molecular formula is C12H26N4. The molecular weight excluding hydrogens is 200 g/mol. The highest BCUT2D eigenvalue weighted by atomic mass is 15.3. The molecule has 0 saturated heterocycles. The molecule has 0 aliphatic rings. The second-order valence-corrected chi connectivity index (χ2v) is 4.63. The molecule has 4 heteroatoms. The predicted octanol–water partition coefficient (Wildman–Crippen LogP) is 0.916. The van der Waals surface area contributed by atoms with Gasteiger partial charge in [0.05, 0.1) is 0 Å². The minimum atomic E-state index is 1.17. The molecule has 4 nitrogen and oxygen atoms in total. The Balaban J connectivity index is 5.03. The topological polar surface area (TPSA) is 13.0 Å². The molecule has 0 unspecified atom stereocenters. The van der Waals surface area contributed by atoms with Crippen molar-refractivity contribution in [3.63, 3.8) is 0 Å². The van der Waals surface area contributed by atoms with Crippen molar-refractivity contribution in [2.45, 2.75) is 0 Å². The van der Waals surface area contributed by atoms with Crippen LogP contribution >= 0.6 is 0 Å². The van der Waals surface area contributed by atoms with Gasteiger partial charge in [0.15, 0.2) is 0 Å². The Labute approximate surface area is 100 Å². The molecule has 0 saturated carbocycles. The first-order valence-electron chi connectivity index (χ1n) is 5.38. The summed E-state index contributed by atoms with van der Waals surface area (Å²) < 4.78 is 0. The highest BCUT2D eigenvalue weighted by molar-refractivity contribution is 5.14. The Morgan fingerprint density at radius 1 is 0.500 bits per heavy atom. The number of nitrogens with zero attached hydrogens (tertiary/aromatic N) is 4. The van der Waals surface area contributed by atoms with Crippen molar-refractivity contribution in [3.8, 4) is 0 Å². The molecule has 0 fully saturated rings. The third-order valence-electron chi connectivity index (χ3n) is 2.21. The van der Waals surface area contributed by atoms with Crippen LogP contribution in [0.15, 0.2) is 23.8 Å². The largest absolute Gasteiger partial charge is 0.364 e. The first kappa shape index (κ1) is 14.7. The van der Waals surface area contributed by atoms with Gasteiger partial charge in [-0.1, -0.05) is 0 Å². The van der Waals surface area contributed by atoms with E-state index >= 15 is 0 Å². The van der Waals surface area contributed by atoms with Crippen molar-refractivity contribution in [1.82, 2.24) is 19.6 Å². The maximum atomic E-state index is 2.12. The summed E-state index contributed by atoms with van der Waals surface area (Å²) >= 11 is 0. The van der Waals surface area contributed by atoms with Crippen LogP contribution in [0.2, 0.25) is 0 Å². The highest BCUT2D eigenvalue weighted by Gasteiger charge is 2.03. The summed E-state index contributed by atoms with van der Waals surface area (Å²) in [5.41, 5.74) is 0. The third kappa shape index (κ3) is 4.47. The Morgan fingerprint density at radius 3 is 0.812 bits per heavy atom. The van der Waals surface area contributed by atoms with E-state index in [1.165, 1.54) is 11.6 Å². The molecule has 0 aromatic heterocycles. The molecule has 0 bridgehead atoms. The van der Waals surface area contributed by atoms with Crippen molar-refractivity contribution in [2.24, 2.45) is 0 Å². The fraction of sp³-hybridized carbons (Fsp3) is 0.667. The highest BCUT2D eigenvalue weighted by Crippen LogP contribution is 2.06. The fourth-order valence-electron chi connectivity index (χ4n) is 1.55. The average molecular weight is 226 g/mol. The number of allylic oxidation sites excluding steroid dienone is 2. The first-order valence-corrected chi connectivity index (χ1v) is 5.38. The summed E-state index contributed by atoms with van der Waals surface area (Å²) in [6.45, 7) is 0. The lowest BCUT2D eigenvalue weighted by molar-refractivity contribution is 0.335. The number of rotatable bonds is 5. The Morgan fingerprint density at radius 2 is 0.688 bits per heavy atom. The van der Waals surface area contributed by atoms with E-state index in [1.807, 2.05) is 56.4 Å². The van der Waals surface area contributed by atoms with Gasteiger partial charge in [-0.05, 0) is 12.2 Å². The second kappa shape index (κ2) is 6.30. The zero-order valence-electron chi connectivity index (χ0n) is 11.9. The maximum absolute atomic E-state index is 2.12. The molecule has 0 heterocycles. The monoisotopic (exact) mass is 226 g/mol. The second-order valence-electron chi connectivity index (χ2n) is 4.63. The van der Waals surface area contributed by atoms with Gasteiger partial charge in [-0.2, -0.15) is 0 Å². The van der Waals surface area contributed by atoms with Crippen LogP contribution in [0.5, 0.6) is 0 Å². The minimum absolute atomic E-state index is 1.17. The van der Waals surface area contributed by atoms with Crippen LogP contribution in [0.1, 0.15) is 0 Å². The smallest absolute Gasteiger partial charge is 0.103 e. The minimum Gasteiger partial charge on any atom is -0.364 e. The molecule has 0 aromatic rings. The molecule has 0 aliphatic heterocycles. The van der Waals surface area contributed by atoms with E-state index in [1.54, 1.807) is 0 Å². The van der Waals surface area contributed by atoms with Crippen LogP contribution < -0.4 is 0 Å². The van der Waals surface area contributed by atoms with Gasteiger partial charge in [0.25, 0.3) is 0 Å². The van der Waals surface area contributed by atoms with Crippen LogP contribution in [0.4, 0.5) is 0 Å². The number of hydrogen-bond donors (Lipinski definition) is 0. The summed E-state index contributed by atoms with van der Waals surface area (Å²) in [5, 5.41) is 0. The van der Waals surface area contributed by atoms with Gasteiger partial charge < -0.3 is 19.6 Å².